The summed E-state index contributed by atoms with van der Waals surface area (Å²) in [5, 5.41) is 23.9. The van der Waals surface area contributed by atoms with Crippen LogP contribution in [0, 0.1) is 18.3 Å². The molecule has 2 N–H and O–H groups in total. The van der Waals surface area contributed by atoms with Crippen LogP contribution in [-0.2, 0) is 10.2 Å². The van der Waals surface area contributed by atoms with Gasteiger partial charge in [0.05, 0.1) is 34.8 Å². The second-order valence-corrected chi connectivity index (χ2v) is 8.06. The second-order valence-electron chi connectivity index (χ2n) is 6.18. The number of pyridine rings is 1. The van der Waals surface area contributed by atoms with Crippen molar-refractivity contribution in [3.63, 3.8) is 0 Å². The molecule has 0 aliphatic rings. The number of nitrogens with zero attached hydrogens (tertiary/aromatic N) is 5. The maximum atomic E-state index is 11.9. The molecule has 0 unspecified atom stereocenters. The summed E-state index contributed by atoms with van der Waals surface area (Å²) in [7, 11) is -0.801. The van der Waals surface area contributed by atoms with E-state index in [-0.39, 0.29) is 11.6 Å². The highest BCUT2D eigenvalue weighted by Crippen LogP contribution is 2.34. The van der Waals surface area contributed by atoms with E-state index in [0.717, 1.165) is 9.87 Å². The molecule has 3 aromatic rings. The molecule has 0 bridgehead atoms. The number of benzene rings is 1. The molecule has 0 atom stereocenters. The summed E-state index contributed by atoms with van der Waals surface area (Å²) in [5.41, 5.74) is 2.64. The normalized spacial score (nSPS) is 11.4. The Hall–Kier alpha value is -3.42. The maximum absolute atomic E-state index is 11.9. The van der Waals surface area contributed by atoms with Gasteiger partial charge in [-0.15, -0.1) is 0 Å². The van der Waals surface area contributed by atoms with E-state index in [9.17, 15) is 13.5 Å². The van der Waals surface area contributed by atoms with E-state index >= 15 is 0 Å². The molecule has 0 saturated heterocycles. The van der Waals surface area contributed by atoms with Gasteiger partial charge in [-0.3, -0.25) is 4.72 Å². The van der Waals surface area contributed by atoms with Gasteiger partial charge in [-0.25, -0.2) is 4.98 Å². The van der Waals surface area contributed by atoms with Crippen molar-refractivity contribution < 1.29 is 13.5 Å². The molecule has 0 aliphatic heterocycles. The van der Waals surface area contributed by atoms with E-state index in [0.29, 0.717) is 22.6 Å². The van der Waals surface area contributed by atoms with Crippen LogP contribution in [0.3, 0.4) is 0 Å². The topological polar surface area (TPSA) is 124 Å². The van der Waals surface area contributed by atoms with E-state index in [2.05, 4.69) is 14.8 Å². The van der Waals surface area contributed by atoms with Gasteiger partial charge < -0.3 is 5.11 Å². The van der Waals surface area contributed by atoms with E-state index < -0.39 is 10.2 Å². The van der Waals surface area contributed by atoms with Crippen molar-refractivity contribution in [3.8, 4) is 28.9 Å². The van der Waals surface area contributed by atoms with Gasteiger partial charge in [-0.1, -0.05) is 12.1 Å². The standard InChI is InChI=1S/C18H18N6O3S/c1-12-17(14-6-4-13(10-19)5-7-14)18(25)24(21-12)16-9-8-15(11-20-16)22-28(26,27)23(2)3/h4-9,11,22,25H,1-3H3. The first-order valence-corrected chi connectivity index (χ1v) is 9.63. The van der Waals surface area contributed by atoms with Gasteiger partial charge in [0, 0.05) is 14.1 Å². The SMILES string of the molecule is Cc1nn(-c2ccc(NS(=O)(=O)N(C)C)cn2)c(O)c1-c1ccc(C#N)cc1. The highest BCUT2D eigenvalue weighted by molar-refractivity contribution is 7.90. The van der Waals surface area contributed by atoms with Crippen LogP contribution in [0.5, 0.6) is 5.88 Å². The number of aromatic hydroxyl groups is 1. The molecule has 0 saturated carbocycles. The van der Waals surface area contributed by atoms with Crippen LogP contribution in [0.15, 0.2) is 42.6 Å². The van der Waals surface area contributed by atoms with Crippen molar-refractivity contribution in [2.24, 2.45) is 0 Å². The number of hydrogen-bond donors (Lipinski definition) is 2. The Labute approximate surface area is 162 Å². The minimum Gasteiger partial charge on any atom is -0.493 e. The van der Waals surface area contributed by atoms with Gasteiger partial charge in [-0.2, -0.15) is 27.8 Å². The van der Waals surface area contributed by atoms with Crippen molar-refractivity contribution >= 4 is 15.9 Å². The zero-order chi connectivity index (χ0) is 20.5. The molecule has 0 radical (unpaired) electrons. The third-order valence-electron chi connectivity index (χ3n) is 4.03. The number of nitrogens with one attached hydrogen (secondary N) is 1. The average Bonchev–Trinajstić information content (AvgIpc) is 2.96. The number of nitriles is 1. The van der Waals surface area contributed by atoms with Crippen molar-refractivity contribution in [2.75, 3.05) is 18.8 Å². The van der Waals surface area contributed by atoms with Gasteiger partial charge in [-0.05, 0) is 36.8 Å². The van der Waals surface area contributed by atoms with Gasteiger partial charge in [0.1, 0.15) is 0 Å². The summed E-state index contributed by atoms with van der Waals surface area (Å²) >= 11 is 0. The Morgan fingerprint density at radius 1 is 1.18 bits per heavy atom. The highest BCUT2D eigenvalue weighted by atomic mass is 32.2. The predicted molar refractivity (Wildman–Crippen MR) is 104 cm³/mol. The van der Waals surface area contributed by atoms with Crippen LogP contribution < -0.4 is 4.72 Å². The summed E-state index contributed by atoms with van der Waals surface area (Å²) in [6.45, 7) is 1.75. The molecule has 2 aromatic heterocycles. The first-order chi connectivity index (χ1) is 13.2. The molecule has 0 amide bonds. The van der Waals surface area contributed by atoms with E-state index in [1.807, 2.05) is 6.07 Å². The Balaban J connectivity index is 1.94. The third kappa shape index (κ3) is 3.66. The monoisotopic (exact) mass is 398 g/mol. The summed E-state index contributed by atoms with van der Waals surface area (Å²) in [6.07, 6.45) is 1.34. The fourth-order valence-electron chi connectivity index (χ4n) is 2.54. The van der Waals surface area contributed by atoms with Crippen molar-refractivity contribution in [3.05, 3.63) is 53.9 Å². The zero-order valence-corrected chi connectivity index (χ0v) is 16.3. The molecule has 3 rings (SSSR count). The first kappa shape index (κ1) is 19.3. The third-order valence-corrected chi connectivity index (χ3v) is 5.49. The first-order valence-electron chi connectivity index (χ1n) is 8.19. The molecular weight excluding hydrogens is 380 g/mol. The van der Waals surface area contributed by atoms with Gasteiger partial charge >= 0.3 is 10.2 Å². The van der Waals surface area contributed by atoms with Gasteiger partial charge in [0.25, 0.3) is 0 Å². The predicted octanol–water partition coefficient (Wildman–Crippen LogP) is 2.04. The summed E-state index contributed by atoms with van der Waals surface area (Å²) in [5.74, 6) is 0.227. The van der Waals surface area contributed by atoms with Crippen LogP contribution in [0.25, 0.3) is 16.9 Å². The lowest BCUT2D eigenvalue weighted by atomic mass is 10.0. The van der Waals surface area contributed by atoms with Crippen LogP contribution in [0.2, 0.25) is 0 Å². The molecular formula is C18H18N6O3S. The molecule has 28 heavy (non-hydrogen) atoms. The van der Waals surface area contributed by atoms with Crippen molar-refractivity contribution in [2.45, 2.75) is 6.92 Å². The lowest BCUT2D eigenvalue weighted by Gasteiger charge is -2.13. The fraction of sp³-hybridized carbons (Fsp3) is 0.167. The smallest absolute Gasteiger partial charge is 0.301 e. The zero-order valence-electron chi connectivity index (χ0n) is 15.4. The molecule has 144 valence electrons. The number of aromatic nitrogens is 3. The van der Waals surface area contributed by atoms with Gasteiger partial charge in [0.2, 0.25) is 5.88 Å². The largest absolute Gasteiger partial charge is 0.493 e. The van der Waals surface area contributed by atoms with Crippen LogP contribution >= 0.6 is 0 Å². The highest BCUT2D eigenvalue weighted by Gasteiger charge is 2.19. The van der Waals surface area contributed by atoms with E-state index in [1.54, 1.807) is 37.3 Å². The Bertz CT molecular complexity index is 1140. The van der Waals surface area contributed by atoms with Crippen LogP contribution in [0.1, 0.15) is 11.3 Å². The van der Waals surface area contributed by atoms with E-state index in [1.165, 1.54) is 31.0 Å². The summed E-state index contributed by atoms with van der Waals surface area (Å²) < 4.78 is 28.4. The Morgan fingerprint density at radius 3 is 2.39 bits per heavy atom. The quantitative estimate of drug-likeness (QED) is 0.678. The van der Waals surface area contributed by atoms with E-state index in [4.69, 9.17) is 5.26 Å². The maximum Gasteiger partial charge on any atom is 0.301 e. The Kier molecular flexibility index (Phi) is 5.04. The Morgan fingerprint density at radius 2 is 1.86 bits per heavy atom. The summed E-state index contributed by atoms with van der Waals surface area (Å²) in [6, 6.07) is 11.9. The minimum atomic E-state index is -3.63. The number of aryl methyl sites for hydroxylation is 1. The van der Waals surface area contributed by atoms with Crippen LogP contribution in [0.4, 0.5) is 5.69 Å². The fourth-order valence-corrected chi connectivity index (χ4v) is 3.14. The number of hydrogen-bond acceptors (Lipinski definition) is 6. The lowest BCUT2D eigenvalue weighted by Crippen LogP contribution is -2.28. The molecule has 0 aliphatic carbocycles. The van der Waals surface area contributed by atoms with Crippen molar-refractivity contribution in [1.29, 1.82) is 5.26 Å². The average molecular weight is 398 g/mol. The second kappa shape index (κ2) is 7.30. The number of rotatable bonds is 5. The minimum absolute atomic E-state index is 0.101. The molecule has 9 nitrogen and oxygen atoms in total. The van der Waals surface area contributed by atoms with Crippen molar-refractivity contribution in [1.82, 2.24) is 19.1 Å². The molecule has 1 aromatic carbocycles. The lowest BCUT2D eigenvalue weighted by molar-refractivity contribution is 0.433. The summed E-state index contributed by atoms with van der Waals surface area (Å²) in [4.78, 5) is 4.18. The molecule has 0 spiro atoms. The number of anilines is 1. The molecule has 10 heteroatoms. The van der Waals surface area contributed by atoms with Gasteiger partial charge in [0.15, 0.2) is 5.82 Å². The molecule has 2 heterocycles. The van der Waals surface area contributed by atoms with Crippen LogP contribution in [-0.4, -0.2) is 46.7 Å². The molecule has 0 fully saturated rings.